The van der Waals surface area contributed by atoms with Crippen molar-refractivity contribution in [2.75, 3.05) is 20.1 Å². The summed E-state index contributed by atoms with van der Waals surface area (Å²) in [7, 11) is 1.83. The molecule has 1 N–H and O–H groups in total. The highest BCUT2D eigenvalue weighted by atomic mass is 79.9. The standard InChI is InChI=1S/C14H18BrN5/c1-16-14(19-6-2-3-7-19)17-8-12-10-20-9-11(15)4-5-13(20)18-12/h4-5,9-10H,2-3,6-8H2,1H3,(H,16,17). The highest BCUT2D eigenvalue weighted by Gasteiger charge is 2.15. The summed E-state index contributed by atoms with van der Waals surface area (Å²) in [6, 6.07) is 4.01. The Morgan fingerprint density at radius 2 is 2.15 bits per heavy atom. The molecule has 2 aromatic heterocycles. The molecule has 0 saturated carbocycles. The minimum Gasteiger partial charge on any atom is -0.351 e. The van der Waals surface area contributed by atoms with Gasteiger partial charge in [0, 0.05) is 37.0 Å². The zero-order valence-corrected chi connectivity index (χ0v) is 13.1. The molecule has 2 aromatic rings. The van der Waals surface area contributed by atoms with Crippen LogP contribution in [0.5, 0.6) is 0 Å². The van der Waals surface area contributed by atoms with Gasteiger partial charge in [-0.3, -0.25) is 4.99 Å². The van der Waals surface area contributed by atoms with Gasteiger partial charge in [-0.2, -0.15) is 0 Å². The molecule has 0 aromatic carbocycles. The number of fused-ring (bicyclic) bond motifs is 1. The minimum absolute atomic E-state index is 0.697. The number of hydrogen-bond acceptors (Lipinski definition) is 2. The fraction of sp³-hybridized carbons (Fsp3) is 0.429. The SMILES string of the molecule is CN=C(NCc1cn2cc(Br)ccc2n1)N1CCCC1. The maximum absolute atomic E-state index is 4.59. The highest BCUT2D eigenvalue weighted by Crippen LogP contribution is 2.13. The third-order valence-electron chi connectivity index (χ3n) is 3.51. The van der Waals surface area contributed by atoms with Crippen molar-refractivity contribution in [2.45, 2.75) is 19.4 Å². The van der Waals surface area contributed by atoms with Crippen LogP contribution >= 0.6 is 15.9 Å². The molecule has 0 bridgehead atoms. The molecular formula is C14H18BrN5. The van der Waals surface area contributed by atoms with Gasteiger partial charge in [-0.15, -0.1) is 0 Å². The summed E-state index contributed by atoms with van der Waals surface area (Å²) in [5, 5.41) is 3.39. The number of pyridine rings is 1. The third kappa shape index (κ3) is 2.80. The van der Waals surface area contributed by atoms with Gasteiger partial charge >= 0.3 is 0 Å². The van der Waals surface area contributed by atoms with E-state index in [1.54, 1.807) is 0 Å². The summed E-state index contributed by atoms with van der Waals surface area (Å²) in [5.74, 6) is 0.973. The first-order valence-electron chi connectivity index (χ1n) is 6.85. The number of aliphatic imine (C=N–C) groups is 1. The van der Waals surface area contributed by atoms with E-state index in [2.05, 4.69) is 36.1 Å². The van der Waals surface area contributed by atoms with Crippen molar-refractivity contribution >= 4 is 27.5 Å². The summed E-state index contributed by atoms with van der Waals surface area (Å²) in [6.45, 7) is 2.89. The summed E-state index contributed by atoms with van der Waals surface area (Å²) < 4.78 is 3.08. The van der Waals surface area contributed by atoms with Crippen molar-refractivity contribution in [1.82, 2.24) is 19.6 Å². The van der Waals surface area contributed by atoms with Gasteiger partial charge in [0.2, 0.25) is 0 Å². The molecule has 0 spiro atoms. The molecule has 0 amide bonds. The molecule has 0 aliphatic carbocycles. The Morgan fingerprint density at radius 1 is 1.35 bits per heavy atom. The number of hydrogen-bond donors (Lipinski definition) is 1. The van der Waals surface area contributed by atoms with Crippen LogP contribution in [-0.4, -0.2) is 40.4 Å². The summed E-state index contributed by atoms with van der Waals surface area (Å²) in [4.78, 5) is 11.2. The fourth-order valence-corrected chi connectivity index (χ4v) is 2.89. The van der Waals surface area contributed by atoms with Crippen LogP contribution in [0.2, 0.25) is 0 Å². The number of rotatable bonds is 2. The van der Waals surface area contributed by atoms with E-state index in [9.17, 15) is 0 Å². The first kappa shape index (κ1) is 13.4. The van der Waals surface area contributed by atoms with Crippen LogP contribution in [0.1, 0.15) is 18.5 Å². The number of nitrogens with zero attached hydrogens (tertiary/aromatic N) is 4. The second-order valence-electron chi connectivity index (χ2n) is 4.94. The minimum atomic E-state index is 0.697. The topological polar surface area (TPSA) is 44.9 Å². The Kier molecular flexibility index (Phi) is 3.91. The average Bonchev–Trinajstić information content (AvgIpc) is 3.08. The number of nitrogens with one attached hydrogen (secondary N) is 1. The van der Waals surface area contributed by atoms with Crippen molar-refractivity contribution in [2.24, 2.45) is 4.99 Å². The number of likely N-dealkylation sites (tertiary alicyclic amines) is 1. The average molecular weight is 336 g/mol. The first-order valence-corrected chi connectivity index (χ1v) is 7.64. The van der Waals surface area contributed by atoms with Gasteiger partial charge in [0.15, 0.2) is 5.96 Å². The van der Waals surface area contributed by atoms with Crippen molar-refractivity contribution in [3.05, 3.63) is 34.7 Å². The zero-order chi connectivity index (χ0) is 13.9. The predicted molar refractivity (Wildman–Crippen MR) is 83.9 cm³/mol. The van der Waals surface area contributed by atoms with Gasteiger partial charge in [0.1, 0.15) is 5.65 Å². The van der Waals surface area contributed by atoms with Gasteiger partial charge in [-0.25, -0.2) is 4.98 Å². The lowest BCUT2D eigenvalue weighted by atomic mass is 10.4. The van der Waals surface area contributed by atoms with Crippen molar-refractivity contribution in [3.8, 4) is 0 Å². The van der Waals surface area contributed by atoms with Crippen LogP contribution in [0, 0.1) is 0 Å². The van der Waals surface area contributed by atoms with Crippen LogP contribution in [0.3, 0.4) is 0 Å². The number of guanidine groups is 1. The van der Waals surface area contributed by atoms with Crippen LogP contribution in [-0.2, 0) is 6.54 Å². The van der Waals surface area contributed by atoms with Crippen LogP contribution in [0.4, 0.5) is 0 Å². The van der Waals surface area contributed by atoms with E-state index in [0.29, 0.717) is 6.54 Å². The van der Waals surface area contributed by atoms with E-state index >= 15 is 0 Å². The maximum atomic E-state index is 4.59. The molecule has 106 valence electrons. The van der Waals surface area contributed by atoms with Crippen molar-refractivity contribution < 1.29 is 0 Å². The lowest BCUT2D eigenvalue weighted by Crippen LogP contribution is -2.39. The quantitative estimate of drug-likeness (QED) is 0.676. The lowest BCUT2D eigenvalue weighted by molar-refractivity contribution is 0.493. The fourth-order valence-electron chi connectivity index (χ4n) is 2.53. The molecule has 3 rings (SSSR count). The van der Waals surface area contributed by atoms with Crippen LogP contribution in [0.25, 0.3) is 5.65 Å². The second kappa shape index (κ2) is 5.83. The van der Waals surface area contributed by atoms with Crippen LogP contribution in [0.15, 0.2) is 34.0 Å². The van der Waals surface area contributed by atoms with Crippen molar-refractivity contribution in [3.63, 3.8) is 0 Å². The normalized spacial score (nSPS) is 16.1. The number of aromatic nitrogens is 2. The molecule has 0 radical (unpaired) electrons. The van der Waals surface area contributed by atoms with E-state index in [4.69, 9.17) is 0 Å². The third-order valence-corrected chi connectivity index (χ3v) is 3.98. The molecule has 6 heteroatoms. The van der Waals surface area contributed by atoms with E-state index in [0.717, 1.165) is 34.9 Å². The van der Waals surface area contributed by atoms with Gasteiger partial charge in [-0.05, 0) is 40.9 Å². The van der Waals surface area contributed by atoms with Gasteiger partial charge in [0.25, 0.3) is 0 Å². The van der Waals surface area contributed by atoms with E-state index in [1.807, 2.05) is 36.0 Å². The summed E-state index contributed by atoms with van der Waals surface area (Å²) in [5.41, 5.74) is 1.98. The molecule has 20 heavy (non-hydrogen) atoms. The Labute approximate surface area is 126 Å². The smallest absolute Gasteiger partial charge is 0.193 e. The molecule has 1 saturated heterocycles. The Bertz CT molecular complexity index is 628. The van der Waals surface area contributed by atoms with Crippen molar-refractivity contribution in [1.29, 1.82) is 0 Å². The first-order chi connectivity index (χ1) is 9.76. The summed E-state index contributed by atoms with van der Waals surface area (Å²) in [6.07, 6.45) is 6.57. The second-order valence-corrected chi connectivity index (χ2v) is 5.86. The molecule has 3 heterocycles. The Balaban J connectivity index is 1.69. The van der Waals surface area contributed by atoms with Crippen LogP contribution < -0.4 is 5.32 Å². The Hall–Kier alpha value is -1.56. The molecule has 0 atom stereocenters. The van der Waals surface area contributed by atoms with E-state index in [1.165, 1.54) is 12.8 Å². The molecule has 1 aliphatic rings. The molecule has 0 unspecified atom stereocenters. The molecule has 1 fully saturated rings. The maximum Gasteiger partial charge on any atom is 0.193 e. The predicted octanol–water partition coefficient (Wildman–Crippen LogP) is 2.27. The summed E-state index contributed by atoms with van der Waals surface area (Å²) >= 11 is 3.47. The van der Waals surface area contributed by atoms with Gasteiger partial charge in [0.05, 0.1) is 12.2 Å². The molecule has 5 nitrogen and oxygen atoms in total. The number of halogens is 1. The monoisotopic (exact) mass is 335 g/mol. The molecular weight excluding hydrogens is 318 g/mol. The Morgan fingerprint density at radius 3 is 2.90 bits per heavy atom. The van der Waals surface area contributed by atoms with Gasteiger partial charge in [-0.1, -0.05) is 0 Å². The number of imidazole rings is 1. The molecule has 1 aliphatic heterocycles. The van der Waals surface area contributed by atoms with E-state index < -0.39 is 0 Å². The highest BCUT2D eigenvalue weighted by molar-refractivity contribution is 9.10. The largest absolute Gasteiger partial charge is 0.351 e. The zero-order valence-electron chi connectivity index (χ0n) is 11.5. The lowest BCUT2D eigenvalue weighted by Gasteiger charge is -2.20. The van der Waals surface area contributed by atoms with Gasteiger partial charge < -0.3 is 14.6 Å². The van der Waals surface area contributed by atoms with E-state index in [-0.39, 0.29) is 0 Å².